The van der Waals surface area contributed by atoms with E-state index in [1.807, 2.05) is 24.0 Å². The van der Waals surface area contributed by atoms with Gasteiger partial charge in [0.25, 0.3) is 11.9 Å². The lowest BCUT2D eigenvalue weighted by atomic mass is 9.83. The van der Waals surface area contributed by atoms with Gasteiger partial charge in [0.15, 0.2) is 17.5 Å². The van der Waals surface area contributed by atoms with Crippen LogP contribution in [0.4, 0.5) is 20.3 Å². The highest BCUT2D eigenvalue weighted by Gasteiger charge is 2.59. The third-order valence-corrected chi connectivity index (χ3v) is 14.2. The Kier molecular flexibility index (Phi) is 9.30. The summed E-state index contributed by atoms with van der Waals surface area (Å²) >= 11 is 0. The molecule has 65 heavy (non-hydrogen) atoms. The lowest BCUT2D eigenvalue weighted by Crippen LogP contribution is -2.40. The minimum Gasteiger partial charge on any atom is -0.463 e. The summed E-state index contributed by atoms with van der Waals surface area (Å²) in [6, 6.07) is 14.9. The van der Waals surface area contributed by atoms with E-state index in [9.17, 15) is 4.79 Å². The molecule has 3 aliphatic heterocycles. The van der Waals surface area contributed by atoms with Crippen LogP contribution in [0.15, 0.2) is 69.0 Å². The van der Waals surface area contributed by atoms with Crippen LogP contribution in [0.25, 0.3) is 27.5 Å². The van der Waals surface area contributed by atoms with Crippen molar-refractivity contribution in [1.29, 1.82) is 0 Å². The largest absolute Gasteiger partial charge is 0.463 e. The Morgan fingerprint density at radius 1 is 0.969 bits per heavy atom. The average molecular weight is 885 g/mol. The van der Waals surface area contributed by atoms with Crippen molar-refractivity contribution in [2.45, 2.75) is 90.3 Å². The maximum absolute atomic E-state index is 16.2. The van der Waals surface area contributed by atoms with Gasteiger partial charge in [0, 0.05) is 43.1 Å². The van der Waals surface area contributed by atoms with E-state index < -0.39 is 23.2 Å². The van der Waals surface area contributed by atoms with Gasteiger partial charge < -0.3 is 18.9 Å². The van der Waals surface area contributed by atoms with E-state index in [0.717, 1.165) is 29.4 Å². The van der Waals surface area contributed by atoms with Crippen LogP contribution in [0.2, 0.25) is 0 Å². The SMILES string of the molecule is Cc1cc(-n2nc3c(c2/N=C2/OCCN2c2ccc4c(cnn4C)c2F)[C@H](C)N(C(=O)c2cc4cc([C@H]5CCOC(C)(C)C5)ccc4n2[C@@]2(c4noc(=O)[nH]4)C[C@@H]2C)CC3)cc(C)c1F. The molecular weight excluding hydrogens is 835 g/mol. The number of H-pyrrole nitrogens is 1. The van der Waals surface area contributed by atoms with Crippen molar-refractivity contribution in [2.24, 2.45) is 18.0 Å². The van der Waals surface area contributed by atoms with E-state index >= 15 is 13.6 Å². The van der Waals surface area contributed by atoms with E-state index in [1.165, 1.54) is 11.8 Å². The van der Waals surface area contributed by atoms with Crippen molar-refractivity contribution in [3.8, 4) is 5.69 Å². The molecule has 1 saturated carbocycles. The number of aromatic amines is 1. The van der Waals surface area contributed by atoms with Crippen molar-refractivity contribution < 1.29 is 27.6 Å². The van der Waals surface area contributed by atoms with Crippen molar-refractivity contribution in [2.75, 3.05) is 31.2 Å². The highest BCUT2D eigenvalue weighted by Crippen LogP contribution is 2.56. The lowest BCUT2D eigenvalue weighted by Gasteiger charge is -2.35. The summed E-state index contributed by atoms with van der Waals surface area (Å²) < 4.78 is 54.0. The number of nitrogens with zero attached hydrogens (tertiary/aromatic N) is 9. The second-order valence-corrected chi connectivity index (χ2v) is 18.9. The molecule has 7 aromatic rings. The van der Waals surface area contributed by atoms with Crippen LogP contribution in [-0.4, -0.2) is 83.0 Å². The number of ether oxygens (including phenoxy) is 2. The van der Waals surface area contributed by atoms with Crippen molar-refractivity contribution in [3.63, 3.8) is 0 Å². The topological polar surface area (TPSA) is 154 Å². The fraction of sp³-hybridized carbons (Fsp3) is 0.417. The summed E-state index contributed by atoms with van der Waals surface area (Å²) in [4.78, 5) is 39.5. The Bertz CT molecular complexity index is 3170. The predicted molar refractivity (Wildman–Crippen MR) is 239 cm³/mol. The number of benzene rings is 3. The van der Waals surface area contributed by atoms with Crippen LogP contribution in [0, 0.1) is 31.4 Å². The molecule has 4 aromatic heterocycles. The summed E-state index contributed by atoms with van der Waals surface area (Å²) in [5.41, 5.74) is 5.22. The number of carbonyl (C=O) groups is 1. The summed E-state index contributed by atoms with van der Waals surface area (Å²) in [7, 11) is 1.76. The summed E-state index contributed by atoms with van der Waals surface area (Å²) in [5.74, 6) is -0.579. The van der Waals surface area contributed by atoms with Crippen molar-refractivity contribution in [3.05, 3.63) is 116 Å². The Morgan fingerprint density at radius 2 is 1.74 bits per heavy atom. The molecule has 0 bridgehead atoms. The zero-order chi connectivity index (χ0) is 45.3. The summed E-state index contributed by atoms with van der Waals surface area (Å²) in [5, 5.41) is 14.8. The average Bonchev–Trinajstić information content (AvgIpc) is 3.94. The van der Waals surface area contributed by atoms with Gasteiger partial charge in [0.2, 0.25) is 0 Å². The molecule has 1 aliphatic carbocycles. The highest BCUT2D eigenvalue weighted by atomic mass is 19.1. The molecule has 0 radical (unpaired) electrons. The number of hydrogen-bond donors (Lipinski definition) is 1. The van der Waals surface area contributed by atoms with Gasteiger partial charge in [-0.05, 0) is 125 Å². The third-order valence-electron chi connectivity index (χ3n) is 14.2. The van der Waals surface area contributed by atoms with Gasteiger partial charge in [-0.1, -0.05) is 18.1 Å². The van der Waals surface area contributed by atoms with Gasteiger partial charge >= 0.3 is 5.76 Å². The first-order chi connectivity index (χ1) is 31.1. The number of aliphatic imine (C=N–C) groups is 1. The van der Waals surface area contributed by atoms with Crippen molar-refractivity contribution in [1.82, 2.24) is 39.2 Å². The minimum atomic E-state index is -0.830. The molecule has 15 nitrogen and oxygen atoms in total. The maximum atomic E-state index is 16.2. The number of anilines is 1. The number of nitrogens with one attached hydrogen (secondary N) is 1. The van der Waals surface area contributed by atoms with Gasteiger partial charge in [0.1, 0.15) is 23.7 Å². The molecule has 4 aliphatic rings. The molecule has 3 fully saturated rings. The quantitative estimate of drug-likeness (QED) is 0.168. The van der Waals surface area contributed by atoms with Gasteiger partial charge in [-0.25, -0.2) is 18.3 Å². The van der Waals surface area contributed by atoms with Gasteiger partial charge in [0.05, 0.1) is 52.4 Å². The van der Waals surface area contributed by atoms with Crippen LogP contribution in [0.1, 0.15) is 103 Å². The molecule has 3 aromatic carbocycles. The molecule has 1 N–H and O–H groups in total. The van der Waals surface area contributed by atoms with Gasteiger partial charge in [-0.15, -0.1) is 0 Å². The molecule has 7 heterocycles. The lowest BCUT2D eigenvalue weighted by molar-refractivity contribution is -0.0592. The predicted octanol–water partition coefficient (Wildman–Crippen LogP) is 8.02. The second kappa shape index (κ2) is 14.7. The molecule has 0 spiro atoms. The number of rotatable bonds is 7. The standard InChI is InChI=1S/C48H50F2N10O5/c1-25-18-32(19-26(2)40(25)49)60-42(52-45-58(15-17-63-45)37-11-10-36-33(41(37)50)24-51-56(36)7)39-28(4)57(14-12-34(39)54-60)43(61)38-21-31-20-29(30-13-16-64-47(5,6)23-30)8-9-35(31)59(38)48(22-27(48)3)44-53-46(62)65-55-44/h8-11,18-21,24,27-28,30H,12-17,22-23H2,1-7H3,(H,53,55,62)/b52-45+/t27-,28-,30-,48-/m0/s1. The number of hydrogen-bond acceptors (Lipinski definition) is 9. The number of amides is 1. The molecule has 0 unspecified atom stereocenters. The summed E-state index contributed by atoms with van der Waals surface area (Å²) in [6.45, 7) is 13.3. The number of fused-ring (bicyclic) bond motifs is 3. The van der Waals surface area contributed by atoms with Gasteiger partial charge in [-0.3, -0.25) is 23.9 Å². The third kappa shape index (κ3) is 6.43. The van der Waals surface area contributed by atoms with E-state index in [0.29, 0.717) is 83.2 Å². The van der Waals surface area contributed by atoms with E-state index in [2.05, 4.69) is 58.8 Å². The first kappa shape index (κ1) is 41.1. The Balaban J connectivity index is 1.04. The Labute approximate surface area is 372 Å². The maximum Gasteiger partial charge on any atom is 0.438 e. The first-order valence-corrected chi connectivity index (χ1v) is 22.3. The monoisotopic (exact) mass is 884 g/mol. The van der Waals surface area contributed by atoms with E-state index in [1.54, 1.807) is 53.4 Å². The molecule has 4 atom stereocenters. The number of aromatic nitrogens is 7. The highest BCUT2D eigenvalue weighted by molar-refractivity contribution is 6.00. The molecule has 1 amide bonds. The zero-order valence-electron chi connectivity index (χ0n) is 37.4. The Hall–Kier alpha value is -6.62. The fourth-order valence-electron chi connectivity index (χ4n) is 10.8. The number of amidine groups is 1. The van der Waals surface area contributed by atoms with E-state index in [-0.39, 0.29) is 47.5 Å². The Morgan fingerprint density at radius 3 is 2.46 bits per heavy atom. The summed E-state index contributed by atoms with van der Waals surface area (Å²) in [6.07, 6.45) is 4.29. The molecule has 2 saturated heterocycles. The van der Waals surface area contributed by atoms with Crippen LogP contribution in [0.5, 0.6) is 0 Å². The van der Waals surface area contributed by atoms with Crippen molar-refractivity contribution >= 4 is 45.2 Å². The molecular formula is C48H50F2N10O5. The van der Waals surface area contributed by atoms with Crippen LogP contribution in [0.3, 0.4) is 0 Å². The molecule has 11 rings (SSSR count). The van der Waals surface area contributed by atoms with Crippen LogP contribution >= 0.6 is 0 Å². The molecule has 336 valence electrons. The smallest absolute Gasteiger partial charge is 0.438 e. The number of halogens is 2. The van der Waals surface area contributed by atoms with Gasteiger partial charge in [-0.2, -0.15) is 15.2 Å². The number of carbonyl (C=O) groups excluding carboxylic acids is 1. The van der Waals surface area contributed by atoms with E-state index in [4.69, 9.17) is 24.1 Å². The number of aryl methyl sites for hydroxylation is 3. The minimum absolute atomic E-state index is 0.0214. The second-order valence-electron chi connectivity index (χ2n) is 18.9. The van der Waals surface area contributed by atoms with Crippen LogP contribution in [-0.2, 0) is 28.5 Å². The molecule has 17 heteroatoms. The zero-order valence-corrected chi connectivity index (χ0v) is 37.4. The normalized spacial score (nSPS) is 23.5. The first-order valence-electron chi connectivity index (χ1n) is 22.3. The van der Waals surface area contributed by atoms with Crippen LogP contribution < -0.4 is 10.7 Å². The fourth-order valence-corrected chi connectivity index (χ4v) is 10.8.